The summed E-state index contributed by atoms with van der Waals surface area (Å²) in [6.07, 6.45) is 6.04. The van der Waals surface area contributed by atoms with Gasteiger partial charge in [0.2, 0.25) is 0 Å². The third kappa shape index (κ3) is 5.37. The van der Waals surface area contributed by atoms with Gasteiger partial charge in [-0.15, -0.1) is 0 Å². The molecule has 1 aliphatic carbocycles. The molecule has 0 amide bonds. The fourth-order valence-electron chi connectivity index (χ4n) is 5.96. The third-order valence-corrected chi connectivity index (χ3v) is 8.29. The monoisotopic (exact) mass is 524 g/mol. The Labute approximate surface area is 229 Å². The zero-order chi connectivity index (χ0) is 26.8. The second-order valence-corrected chi connectivity index (χ2v) is 10.8. The molecule has 2 aromatic heterocycles. The number of fused-ring (bicyclic) bond motifs is 1. The number of nitrogens with one attached hydrogen (secondary N) is 1. The van der Waals surface area contributed by atoms with E-state index in [0.29, 0.717) is 23.5 Å². The Balaban J connectivity index is 1.18. The van der Waals surface area contributed by atoms with Crippen molar-refractivity contribution < 1.29 is 4.79 Å². The van der Waals surface area contributed by atoms with E-state index in [1.165, 1.54) is 19.2 Å². The fraction of sp³-hybridized carbons (Fsp3) is 0.400. The molecule has 3 heterocycles. The lowest BCUT2D eigenvalue weighted by atomic mass is 9.90. The number of anilines is 2. The molecule has 0 bridgehead atoms. The van der Waals surface area contributed by atoms with E-state index in [2.05, 4.69) is 36.8 Å². The average Bonchev–Trinajstić information content (AvgIpc) is 3.38. The standard InChI is InChI=1S/C30H36N8O/c1-36-15-17-37(18-16-36)24-11-13-25(14-12-24)38-30-27(29(31)33-20-34-30)28(35-38)22-7-9-23(10-8-22)32-19-26(39)21-5-3-2-4-6-21/h2-10,20,24-25,32H,11-19H2,1H3,(H2,31,33,34). The third-order valence-electron chi connectivity index (χ3n) is 8.29. The summed E-state index contributed by atoms with van der Waals surface area (Å²) in [5, 5.41) is 9.11. The van der Waals surface area contributed by atoms with Crippen LogP contribution in [0.15, 0.2) is 60.9 Å². The maximum atomic E-state index is 12.5. The van der Waals surface area contributed by atoms with Gasteiger partial charge in [0.25, 0.3) is 0 Å². The zero-order valence-corrected chi connectivity index (χ0v) is 22.5. The van der Waals surface area contributed by atoms with Crippen LogP contribution in [0.1, 0.15) is 42.1 Å². The average molecular weight is 525 g/mol. The molecule has 2 aromatic carbocycles. The van der Waals surface area contributed by atoms with Gasteiger partial charge in [-0.3, -0.25) is 9.69 Å². The van der Waals surface area contributed by atoms with Crippen LogP contribution < -0.4 is 11.1 Å². The molecular weight excluding hydrogens is 488 g/mol. The van der Waals surface area contributed by atoms with Crippen molar-refractivity contribution in [2.24, 2.45) is 0 Å². The highest BCUT2D eigenvalue weighted by Gasteiger charge is 2.30. The second kappa shape index (κ2) is 11.1. The molecule has 1 saturated carbocycles. The number of hydrogen-bond acceptors (Lipinski definition) is 8. The molecule has 0 unspecified atom stereocenters. The molecule has 6 rings (SSSR count). The number of nitrogens with two attached hydrogens (primary N) is 1. The largest absolute Gasteiger partial charge is 0.383 e. The number of likely N-dealkylation sites (N-methyl/N-ethyl adjacent to an activating group) is 1. The summed E-state index contributed by atoms with van der Waals surface area (Å²) < 4.78 is 2.09. The molecule has 39 heavy (non-hydrogen) atoms. The first-order chi connectivity index (χ1) is 19.1. The number of piperazine rings is 1. The van der Waals surface area contributed by atoms with E-state index >= 15 is 0 Å². The minimum atomic E-state index is 0.0525. The molecule has 3 N–H and O–H groups in total. The Morgan fingerprint density at radius 3 is 2.33 bits per heavy atom. The lowest BCUT2D eigenvalue weighted by molar-refractivity contribution is 0.0815. The molecule has 9 heteroatoms. The number of carbonyl (C=O) groups is 1. The van der Waals surface area contributed by atoms with E-state index in [1.807, 2.05) is 54.6 Å². The van der Waals surface area contributed by atoms with Crippen LogP contribution in [0.25, 0.3) is 22.3 Å². The number of ketones is 1. The van der Waals surface area contributed by atoms with Crippen molar-refractivity contribution in [2.45, 2.75) is 37.8 Å². The van der Waals surface area contributed by atoms with Gasteiger partial charge >= 0.3 is 0 Å². The number of hydrogen-bond donors (Lipinski definition) is 2. The van der Waals surface area contributed by atoms with E-state index in [1.54, 1.807) is 0 Å². The predicted octanol–water partition coefficient (Wildman–Crippen LogP) is 4.10. The molecule has 0 radical (unpaired) electrons. The van der Waals surface area contributed by atoms with Crippen molar-refractivity contribution >= 4 is 28.3 Å². The first-order valence-electron chi connectivity index (χ1n) is 13.9. The van der Waals surface area contributed by atoms with Crippen LogP contribution in [-0.4, -0.2) is 81.1 Å². The Hall–Kier alpha value is -3.82. The molecular formula is C30H36N8O. The first kappa shape index (κ1) is 25.5. The molecule has 9 nitrogen and oxygen atoms in total. The lowest BCUT2D eigenvalue weighted by Gasteiger charge is -2.41. The minimum absolute atomic E-state index is 0.0525. The highest BCUT2D eigenvalue weighted by atomic mass is 16.1. The maximum Gasteiger partial charge on any atom is 0.181 e. The summed E-state index contributed by atoms with van der Waals surface area (Å²) in [7, 11) is 2.21. The van der Waals surface area contributed by atoms with Crippen molar-refractivity contribution in [3.8, 4) is 11.3 Å². The molecule has 0 atom stereocenters. The number of rotatable bonds is 7. The molecule has 2 fully saturated rings. The summed E-state index contributed by atoms with van der Waals surface area (Å²) in [6, 6.07) is 18.2. The molecule has 2 aliphatic rings. The fourth-order valence-corrected chi connectivity index (χ4v) is 5.96. The first-order valence-corrected chi connectivity index (χ1v) is 13.9. The predicted molar refractivity (Wildman–Crippen MR) is 155 cm³/mol. The zero-order valence-electron chi connectivity index (χ0n) is 22.5. The van der Waals surface area contributed by atoms with Crippen LogP contribution in [-0.2, 0) is 0 Å². The van der Waals surface area contributed by atoms with E-state index in [9.17, 15) is 4.79 Å². The molecule has 202 valence electrons. The quantitative estimate of drug-likeness (QED) is 0.348. The summed E-state index contributed by atoms with van der Waals surface area (Å²) in [4.78, 5) is 26.4. The van der Waals surface area contributed by atoms with Gasteiger partial charge in [-0.05, 0) is 44.9 Å². The number of carbonyl (C=O) groups excluding carboxylic acids is 1. The van der Waals surface area contributed by atoms with Crippen molar-refractivity contribution in [3.05, 3.63) is 66.5 Å². The number of aromatic nitrogens is 4. The smallest absolute Gasteiger partial charge is 0.181 e. The van der Waals surface area contributed by atoms with Crippen LogP contribution in [0.3, 0.4) is 0 Å². The second-order valence-electron chi connectivity index (χ2n) is 10.8. The van der Waals surface area contributed by atoms with Crippen LogP contribution >= 0.6 is 0 Å². The number of benzene rings is 2. The normalized spacial score (nSPS) is 20.7. The molecule has 1 saturated heterocycles. The van der Waals surface area contributed by atoms with Crippen molar-refractivity contribution in [2.75, 3.05) is 50.8 Å². The number of nitrogen functional groups attached to an aromatic ring is 1. The van der Waals surface area contributed by atoms with Crippen LogP contribution in [0, 0.1) is 0 Å². The Kier molecular flexibility index (Phi) is 7.26. The number of nitrogens with zero attached hydrogens (tertiary/aromatic N) is 6. The van der Waals surface area contributed by atoms with E-state index in [4.69, 9.17) is 10.8 Å². The van der Waals surface area contributed by atoms with Gasteiger partial charge in [0, 0.05) is 49.0 Å². The SMILES string of the molecule is CN1CCN(C2CCC(n3nc(-c4ccc(NCC(=O)c5ccccc5)cc4)c4c(N)ncnc43)CC2)CC1. The molecule has 0 spiro atoms. The summed E-state index contributed by atoms with van der Waals surface area (Å²) in [5.41, 5.74) is 10.5. The van der Waals surface area contributed by atoms with Crippen LogP contribution in [0.2, 0.25) is 0 Å². The van der Waals surface area contributed by atoms with Gasteiger partial charge < -0.3 is 16.0 Å². The summed E-state index contributed by atoms with van der Waals surface area (Å²) >= 11 is 0. The number of Topliss-reactive ketones (excluding diaryl/α,β-unsaturated/α-hetero) is 1. The Morgan fingerprint density at radius 1 is 0.923 bits per heavy atom. The molecule has 1 aliphatic heterocycles. The maximum absolute atomic E-state index is 12.5. The van der Waals surface area contributed by atoms with Crippen molar-refractivity contribution in [1.29, 1.82) is 0 Å². The van der Waals surface area contributed by atoms with E-state index in [0.717, 1.165) is 67.0 Å². The van der Waals surface area contributed by atoms with Gasteiger partial charge in [0.15, 0.2) is 11.4 Å². The van der Waals surface area contributed by atoms with Crippen LogP contribution in [0.4, 0.5) is 11.5 Å². The lowest BCUT2D eigenvalue weighted by Crippen LogP contribution is -2.49. The van der Waals surface area contributed by atoms with Crippen molar-refractivity contribution in [1.82, 2.24) is 29.5 Å². The van der Waals surface area contributed by atoms with E-state index in [-0.39, 0.29) is 12.3 Å². The van der Waals surface area contributed by atoms with Crippen molar-refractivity contribution in [3.63, 3.8) is 0 Å². The van der Waals surface area contributed by atoms with Gasteiger partial charge in [-0.25, -0.2) is 14.6 Å². The minimum Gasteiger partial charge on any atom is -0.383 e. The van der Waals surface area contributed by atoms with Crippen LogP contribution in [0.5, 0.6) is 0 Å². The summed E-state index contributed by atoms with van der Waals surface area (Å²) in [5.74, 6) is 0.500. The molecule has 4 aromatic rings. The van der Waals surface area contributed by atoms with Gasteiger partial charge in [0.1, 0.15) is 17.8 Å². The Bertz CT molecular complexity index is 1420. The van der Waals surface area contributed by atoms with Gasteiger partial charge in [-0.1, -0.05) is 42.5 Å². The topological polar surface area (TPSA) is 105 Å². The highest BCUT2D eigenvalue weighted by molar-refractivity contribution is 5.99. The summed E-state index contributed by atoms with van der Waals surface area (Å²) in [6.45, 7) is 4.87. The highest BCUT2D eigenvalue weighted by Crippen LogP contribution is 2.37. The van der Waals surface area contributed by atoms with Gasteiger partial charge in [-0.2, -0.15) is 5.10 Å². The van der Waals surface area contributed by atoms with Gasteiger partial charge in [0.05, 0.1) is 18.0 Å². The van der Waals surface area contributed by atoms with E-state index < -0.39 is 0 Å². The Morgan fingerprint density at radius 2 is 1.62 bits per heavy atom.